The van der Waals surface area contributed by atoms with E-state index in [0.29, 0.717) is 23.4 Å². The van der Waals surface area contributed by atoms with Gasteiger partial charge in [0.25, 0.3) is 15.9 Å². The van der Waals surface area contributed by atoms with Gasteiger partial charge in [-0.3, -0.25) is 9.52 Å². The van der Waals surface area contributed by atoms with E-state index < -0.39 is 15.8 Å². The minimum Gasteiger partial charge on any atom is -0.322 e. The van der Waals surface area contributed by atoms with Crippen molar-refractivity contribution in [2.24, 2.45) is 0 Å². The first-order valence-electron chi connectivity index (χ1n) is 10.2. The molecule has 4 aromatic rings. The molecule has 0 aliphatic rings. The maximum absolute atomic E-state index is 13.1. The van der Waals surface area contributed by atoms with Gasteiger partial charge < -0.3 is 5.32 Å². The summed E-state index contributed by atoms with van der Waals surface area (Å²) < 4.78 is 40.4. The second-order valence-electron chi connectivity index (χ2n) is 7.41. The Morgan fingerprint density at radius 3 is 2.09 bits per heavy atom. The summed E-state index contributed by atoms with van der Waals surface area (Å²) in [5.41, 5.74) is 3.51. The van der Waals surface area contributed by atoms with E-state index in [-0.39, 0.29) is 10.8 Å². The second-order valence-corrected chi connectivity index (χ2v) is 9.09. The molecule has 0 aliphatic heterocycles. The van der Waals surface area contributed by atoms with Crippen LogP contribution in [0.25, 0.3) is 0 Å². The first-order valence-corrected chi connectivity index (χ1v) is 11.7. The molecule has 0 fully saturated rings. The van der Waals surface area contributed by atoms with Crippen LogP contribution < -0.4 is 10.0 Å². The van der Waals surface area contributed by atoms with Gasteiger partial charge in [-0.1, -0.05) is 48.5 Å². The van der Waals surface area contributed by atoms with Crippen molar-refractivity contribution in [2.45, 2.75) is 11.3 Å². The summed E-state index contributed by atoms with van der Waals surface area (Å²) in [7, 11) is -3.86. The van der Waals surface area contributed by atoms with Crippen molar-refractivity contribution in [3.05, 3.63) is 126 Å². The molecule has 0 heterocycles. The molecule has 2 N–H and O–H groups in total. The summed E-state index contributed by atoms with van der Waals surface area (Å²) in [6, 6.07) is 28.2. The molecule has 4 aromatic carbocycles. The van der Waals surface area contributed by atoms with Crippen LogP contribution in [0.4, 0.5) is 15.8 Å². The fourth-order valence-electron chi connectivity index (χ4n) is 3.32. The number of hydrogen-bond donors (Lipinski definition) is 2. The van der Waals surface area contributed by atoms with Crippen LogP contribution in [0.5, 0.6) is 0 Å². The first-order chi connectivity index (χ1) is 15.9. The molecule has 0 bridgehead atoms. The molecule has 5 nitrogen and oxygen atoms in total. The van der Waals surface area contributed by atoms with Crippen LogP contribution in [0.1, 0.15) is 21.5 Å². The monoisotopic (exact) mass is 460 g/mol. The molecule has 7 heteroatoms. The SMILES string of the molecule is O=C(Nc1ccccc1Cc1ccccc1)c1ccc(NS(=O)(=O)c2ccc(F)cc2)cc1. The van der Waals surface area contributed by atoms with Crippen molar-refractivity contribution < 1.29 is 17.6 Å². The van der Waals surface area contributed by atoms with Crippen molar-refractivity contribution in [1.29, 1.82) is 0 Å². The molecule has 166 valence electrons. The number of benzene rings is 4. The first kappa shape index (κ1) is 22.2. The average Bonchev–Trinajstić information content (AvgIpc) is 2.81. The second kappa shape index (κ2) is 9.67. The largest absolute Gasteiger partial charge is 0.322 e. The number of carbonyl (C=O) groups excluding carboxylic acids is 1. The Kier molecular flexibility index (Phi) is 6.51. The van der Waals surface area contributed by atoms with E-state index in [1.807, 2.05) is 54.6 Å². The van der Waals surface area contributed by atoms with E-state index >= 15 is 0 Å². The number of amides is 1. The molecule has 4 rings (SSSR count). The van der Waals surface area contributed by atoms with Gasteiger partial charge in [0, 0.05) is 16.9 Å². The quantitative estimate of drug-likeness (QED) is 0.384. The summed E-state index contributed by atoms with van der Waals surface area (Å²) in [5.74, 6) is -0.821. The van der Waals surface area contributed by atoms with Gasteiger partial charge in [-0.15, -0.1) is 0 Å². The number of sulfonamides is 1. The van der Waals surface area contributed by atoms with Crippen LogP contribution in [0.2, 0.25) is 0 Å². The third kappa shape index (κ3) is 5.64. The molecule has 33 heavy (non-hydrogen) atoms. The fraction of sp³-hybridized carbons (Fsp3) is 0.0385. The van der Waals surface area contributed by atoms with E-state index in [4.69, 9.17) is 0 Å². The maximum Gasteiger partial charge on any atom is 0.261 e. The highest BCUT2D eigenvalue weighted by Gasteiger charge is 2.15. The van der Waals surface area contributed by atoms with Crippen LogP contribution in [0.15, 0.2) is 108 Å². The van der Waals surface area contributed by atoms with Gasteiger partial charge >= 0.3 is 0 Å². The van der Waals surface area contributed by atoms with Crippen molar-refractivity contribution >= 4 is 27.3 Å². The van der Waals surface area contributed by atoms with Crippen LogP contribution in [0, 0.1) is 5.82 Å². The maximum atomic E-state index is 13.1. The topological polar surface area (TPSA) is 75.3 Å². The third-order valence-electron chi connectivity index (χ3n) is 5.03. The normalized spacial score (nSPS) is 11.1. The van der Waals surface area contributed by atoms with Crippen molar-refractivity contribution in [2.75, 3.05) is 10.0 Å². The van der Waals surface area contributed by atoms with Gasteiger partial charge in [-0.05, 0) is 72.1 Å². The van der Waals surface area contributed by atoms with Crippen molar-refractivity contribution in [1.82, 2.24) is 0 Å². The minimum absolute atomic E-state index is 0.0549. The van der Waals surface area contributed by atoms with Gasteiger partial charge in [0.1, 0.15) is 5.82 Å². The molecule has 0 unspecified atom stereocenters. The number of nitrogens with one attached hydrogen (secondary N) is 2. The Bertz CT molecular complexity index is 1360. The molecule has 1 amide bonds. The van der Waals surface area contributed by atoms with Gasteiger partial charge in [0.05, 0.1) is 4.90 Å². The molecule has 0 aliphatic carbocycles. The van der Waals surface area contributed by atoms with Gasteiger partial charge in [-0.25, -0.2) is 12.8 Å². The van der Waals surface area contributed by atoms with E-state index in [1.54, 1.807) is 0 Å². The van der Waals surface area contributed by atoms with Crippen LogP contribution in [-0.2, 0) is 16.4 Å². The van der Waals surface area contributed by atoms with Crippen LogP contribution in [-0.4, -0.2) is 14.3 Å². The lowest BCUT2D eigenvalue weighted by atomic mass is 10.0. The molecule has 0 saturated heterocycles. The minimum atomic E-state index is -3.86. The van der Waals surface area contributed by atoms with Crippen LogP contribution in [0.3, 0.4) is 0 Å². The molecule has 0 spiro atoms. The van der Waals surface area contributed by atoms with Crippen molar-refractivity contribution in [3.63, 3.8) is 0 Å². The zero-order valence-electron chi connectivity index (χ0n) is 17.5. The average molecular weight is 461 g/mol. The standard InChI is InChI=1S/C26H21FN2O3S/c27-22-12-16-24(17-13-22)33(31,32)29-23-14-10-20(11-15-23)26(30)28-25-9-5-4-8-21(25)18-19-6-2-1-3-7-19/h1-17,29H,18H2,(H,28,30). The van der Waals surface area contributed by atoms with Crippen LogP contribution >= 0.6 is 0 Å². The Morgan fingerprint density at radius 1 is 0.758 bits per heavy atom. The fourth-order valence-corrected chi connectivity index (χ4v) is 4.38. The highest BCUT2D eigenvalue weighted by Crippen LogP contribution is 2.21. The summed E-state index contributed by atoms with van der Waals surface area (Å²) in [5, 5.41) is 2.93. The highest BCUT2D eigenvalue weighted by molar-refractivity contribution is 7.92. The third-order valence-corrected chi connectivity index (χ3v) is 6.42. The predicted molar refractivity (Wildman–Crippen MR) is 127 cm³/mol. The van der Waals surface area contributed by atoms with Crippen molar-refractivity contribution in [3.8, 4) is 0 Å². The summed E-state index contributed by atoms with van der Waals surface area (Å²) in [6.45, 7) is 0. The zero-order chi connectivity index (χ0) is 23.3. The Hall–Kier alpha value is -3.97. The number of rotatable bonds is 7. The van der Waals surface area contributed by atoms with Gasteiger partial charge in [0.2, 0.25) is 0 Å². The Balaban J connectivity index is 1.46. The number of halogens is 1. The number of anilines is 2. The van der Waals surface area contributed by atoms with Gasteiger partial charge in [0.15, 0.2) is 0 Å². The number of hydrogen-bond acceptors (Lipinski definition) is 3. The predicted octanol–water partition coefficient (Wildman–Crippen LogP) is 5.47. The summed E-state index contributed by atoms with van der Waals surface area (Å²) in [4.78, 5) is 12.7. The van der Waals surface area contributed by atoms with E-state index in [1.165, 1.54) is 36.4 Å². The van der Waals surface area contributed by atoms with E-state index in [0.717, 1.165) is 23.3 Å². The lowest BCUT2D eigenvalue weighted by molar-refractivity contribution is 0.102. The Morgan fingerprint density at radius 2 is 1.39 bits per heavy atom. The number of para-hydroxylation sites is 1. The molecular formula is C26H21FN2O3S. The van der Waals surface area contributed by atoms with Gasteiger partial charge in [-0.2, -0.15) is 0 Å². The highest BCUT2D eigenvalue weighted by atomic mass is 32.2. The molecule has 0 radical (unpaired) electrons. The molecule has 0 atom stereocenters. The molecular weight excluding hydrogens is 439 g/mol. The summed E-state index contributed by atoms with van der Waals surface area (Å²) >= 11 is 0. The Labute approximate surface area is 192 Å². The van der Waals surface area contributed by atoms with E-state index in [2.05, 4.69) is 10.0 Å². The summed E-state index contributed by atoms with van der Waals surface area (Å²) in [6.07, 6.45) is 0.682. The molecule has 0 saturated carbocycles. The van der Waals surface area contributed by atoms with E-state index in [9.17, 15) is 17.6 Å². The lowest BCUT2D eigenvalue weighted by Gasteiger charge is -2.12. The smallest absolute Gasteiger partial charge is 0.261 e. The number of carbonyl (C=O) groups is 1. The zero-order valence-corrected chi connectivity index (χ0v) is 18.3. The lowest BCUT2D eigenvalue weighted by Crippen LogP contribution is -2.15. The molecule has 0 aromatic heterocycles.